The molecule has 1 saturated heterocycles. The maximum atomic E-state index is 11.2. The number of hydrogen-bond acceptors (Lipinski definition) is 6. The number of nitro groups is 1. The molecule has 1 aliphatic rings. The van der Waals surface area contributed by atoms with E-state index >= 15 is 0 Å². The molecule has 0 spiro atoms. The molecule has 1 aromatic carbocycles. The molecule has 2 rings (SSSR count). The smallest absolute Gasteiger partial charge is 0.292 e. The molecular formula is C13H15N3O4. The van der Waals surface area contributed by atoms with Crippen molar-refractivity contribution in [1.29, 1.82) is 5.26 Å². The second kappa shape index (κ2) is 5.86. The molecule has 2 unspecified atom stereocenters. The maximum absolute atomic E-state index is 11.2. The summed E-state index contributed by atoms with van der Waals surface area (Å²) in [5, 5.41) is 29.6. The lowest BCUT2D eigenvalue weighted by Gasteiger charge is -2.31. The van der Waals surface area contributed by atoms with Crippen LogP contribution in [0.2, 0.25) is 0 Å². The fourth-order valence-electron chi connectivity index (χ4n) is 2.16. The highest BCUT2D eigenvalue weighted by atomic mass is 16.6. The fraction of sp³-hybridized carbons (Fsp3) is 0.462. The lowest BCUT2D eigenvalue weighted by atomic mass is 10.1. The number of aliphatic hydroxyl groups is 1. The molecule has 0 radical (unpaired) electrons. The van der Waals surface area contributed by atoms with Crippen LogP contribution in [0.5, 0.6) is 0 Å². The summed E-state index contributed by atoms with van der Waals surface area (Å²) in [7, 11) is 0. The molecule has 7 heteroatoms. The van der Waals surface area contributed by atoms with Gasteiger partial charge in [-0.15, -0.1) is 0 Å². The predicted molar refractivity (Wildman–Crippen MR) is 71.3 cm³/mol. The first-order valence-corrected chi connectivity index (χ1v) is 6.25. The third kappa shape index (κ3) is 2.87. The SMILES string of the molecule is CC(O)c1ccc(N2CCOC(C#N)C2)c([N+](=O)[O-])c1. The van der Waals surface area contributed by atoms with Crippen molar-refractivity contribution in [1.82, 2.24) is 0 Å². The number of nitrogens with zero attached hydrogens (tertiary/aromatic N) is 3. The highest BCUT2D eigenvalue weighted by Crippen LogP contribution is 2.32. The van der Waals surface area contributed by atoms with Crippen molar-refractivity contribution in [2.45, 2.75) is 19.1 Å². The van der Waals surface area contributed by atoms with Crippen molar-refractivity contribution in [3.8, 4) is 6.07 Å². The summed E-state index contributed by atoms with van der Waals surface area (Å²) in [4.78, 5) is 12.5. The first-order valence-electron chi connectivity index (χ1n) is 6.25. The van der Waals surface area contributed by atoms with E-state index in [9.17, 15) is 15.2 Å². The van der Waals surface area contributed by atoms with Crippen LogP contribution in [0, 0.1) is 21.4 Å². The molecule has 0 bridgehead atoms. The van der Waals surface area contributed by atoms with Crippen LogP contribution in [0.4, 0.5) is 11.4 Å². The minimum absolute atomic E-state index is 0.0676. The Hall–Kier alpha value is -2.17. The number of rotatable bonds is 3. The van der Waals surface area contributed by atoms with Gasteiger partial charge in [0, 0.05) is 12.6 Å². The van der Waals surface area contributed by atoms with Crippen molar-refractivity contribution >= 4 is 11.4 Å². The van der Waals surface area contributed by atoms with Gasteiger partial charge in [0.25, 0.3) is 5.69 Å². The second-order valence-electron chi connectivity index (χ2n) is 4.62. The monoisotopic (exact) mass is 277 g/mol. The number of morpholine rings is 1. The van der Waals surface area contributed by atoms with Crippen LogP contribution in [0.15, 0.2) is 18.2 Å². The number of benzene rings is 1. The molecule has 20 heavy (non-hydrogen) atoms. The highest BCUT2D eigenvalue weighted by Gasteiger charge is 2.26. The van der Waals surface area contributed by atoms with Crippen molar-refractivity contribution < 1.29 is 14.8 Å². The van der Waals surface area contributed by atoms with E-state index in [0.29, 0.717) is 30.9 Å². The Balaban J connectivity index is 2.35. The van der Waals surface area contributed by atoms with E-state index in [2.05, 4.69) is 0 Å². The lowest BCUT2D eigenvalue weighted by molar-refractivity contribution is -0.384. The average Bonchev–Trinajstić information content (AvgIpc) is 2.46. The fourth-order valence-corrected chi connectivity index (χ4v) is 2.16. The molecule has 7 nitrogen and oxygen atoms in total. The van der Waals surface area contributed by atoms with Gasteiger partial charge in [-0.05, 0) is 18.6 Å². The molecule has 2 atom stereocenters. The molecule has 1 aliphatic heterocycles. The van der Waals surface area contributed by atoms with Crippen molar-refractivity contribution in [3.63, 3.8) is 0 Å². The van der Waals surface area contributed by atoms with Crippen molar-refractivity contribution in [3.05, 3.63) is 33.9 Å². The first-order chi connectivity index (χ1) is 9.52. The molecule has 1 fully saturated rings. The first kappa shape index (κ1) is 14.2. The van der Waals surface area contributed by atoms with Crippen molar-refractivity contribution in [2.75, 3.05) is 24.6 Å². The van der Waals surface area contributed by atoms with E-state index in [1.54, 1.807) is 24.0 Å². The van der Waals surface area contributed by atoms with Crippen LogP contribution >= 0.6 is 0 Å². The Morgan fingerprint density at radius 3 is 3.00 bits per heavy atom. The highest BCUT2D eigenvalue weighted by molar-refractivity contribution is 5.65. The number of ether oxygens (including phenoxy) is 1. The van der Waals surface area contributed by atoms with E-state index in [1.807, 2.05) is 6.07 Å². The third-order valence-corrected chi connectivity index (χ3v) is 3.23. The van der Waals surface area contributed by atoms with Crippen LogP contribution in [0.3, 0.4) is 0 Å². The average molecular weight is 277 g/mol. The predicted octanol–water partition coefficient (Wildman–Crippen LogP) is 1.38. The van der Waals surface area contributed by atoms with Gasteiger partial charge in [-0.2, -0.15) is 5.26 Å². The van der Waals surface area contributed by atoms with Gasteiger partial charge in [-0.1, -0.05) is 6.07 Å². The molecule has 1 N–H and O–H groups in total. The zero-order valence-corrected chi connectivity index (χ0v) is 11.0. The Labute approximate surface area is 116 Å². The quantitative estimate of drug-likeness (QED) is 0.661. The van der Waals surface area contributed by atoms with E-state index in [1.165, 1.54) is 6.07 Å². The minimum Gasteiger partial charge on any atom is -0.389 e. The molecule has 0 aliphatic carbocycles. The van der Waals surface area contributed by atoms with Crippen LogP contribution in [-0.2, 0) is 4.74 Å². The van der Waals surface area contributed by atoms with E-state index in [4.69, 9.17) is 10.00 Å². The topological polar surface area (TPSA) is 99.6 Å². The van der Waals surface area contributed by atoms with Crippen LogP contribution in [0.25, 0.3) is 0 Å². The number of nitriles is 1. The summed E-state index contributed by atoms with van der Waals surface area (Å²) in [6, 6.07) is 6.65. The third-order valence-electron chi connectivity index (χ3n) is 3.23. The minimum atomic E-state index is -0.765. The number of anilines is 1. The van der Waals surface area contributed by atoms with Crippen LogP contribution < -0.4 is 4.90 Å². The van der Waals surface area contributed by atoms with Gasteiger partial charge >= 0.3 is 0 Å². The van der Waals surface area contributed by atoms with Crippen LogP contribution in [-0.4, -0.2) is 35.8 Å². The zero-order valence-electron chi connectivity index (χ0n) is 11.0. The molecule has 0 amide bonds. The summed E-state index contributed by atoms with van der Waals surface area (Å²) < 4.78 is 5.23. The summed E-state index contributed by atoms with van der Waals surface area (Å²) in [5.41, 5.74) is 0.871. The van der Waals surface area contributed by atoms with E-state index < -0.39 is 17.1 Å². The Bertz CT molecular complexity index is 553. The Kier molecular flexibility index (Phi) is 4.17. The van der Waals surface area contributed by atoms with Gasteiger partial charge in [0.15, 0.2) is 6.10 Å². The Morgan fingerprint density at radius 1 is 1.65 bits per heavy atom. The van der Waals surface area contributed by atoms with E-state index in [0.717, 1.165) is 0 Å². The molecular weight excluding hydrogens is 262 g/mol. The molecule has 0 aromatic heterocycles. The van der Waals surface area contributed by atoms with Gasteiger partial charge in [0.1, 0.15) is 5.69 Å². The lowest BCUT2D eigenvalue weighted by Crippen LogP contribution is -2.42. The summed E-state index contributed by atoms with van der Waals surface area (Å²) in [6.07, 6.45) is -1.35. The van der Waals surface area contributed by atoms with Gasteiger partial charge in [0.2, 0.25) is 0 Å². The van der Waals surface area contributed by atoms with Gasteiger partial charge < -0.3 is 14.7 Å². The molecule has 1 aromatic rings. The molecule has 106 valence electrons. The maximum Gasteiger partial charge on any atom is 0.292 e. The normalized spacial score (nSPS) is 20.2. The van der Waals surface area contributed by atoms with Gasteiger partial charge in [-0.3, -0.25) is 10.1 Å². The van der Waals surface area contributed by atoms with Gasteiger partial charge in [-0.25, -0.2) is 0 Å². The largest absolute Gasteiger partial charge is 0.389 e. The van der Waals surface area contributed by atoms with Gasteiger partial charge in [0.05, 0.1) is 30.2 Å². The summed E-state index contributed by atoms with van der Waals surface area (Å²) >= 11 is 0. The summed E-state index contributed by atoms with van der Waals surface area (Å²) in [6.45, 7) is 2.70. The zero-order chi connectivity index (χ0) is 14.7. The number of aliphatic hydroxyl groups excluding tert-OH is 1. The summed E-state index contributed by atoms with van der Waals surface area (Å²) in [5.74, 6) is 0. The second-order valence-corrected chi connectivity index (χ2v) is 4.62. The number of nitro benzene ring substituents is 1. The Morgan fingerprint density at radius 2 is 2.40 bits per heavy atom. The number of hydrogen-bond donors (Lipinski definition) is 1. The van der Waals surface area contributed by atoms with Crippen molar-refractivity contribution in [2.24, 2.45) is 0 Å². The van der Waals surface area contributed by atoms with Crippen LogP contribution in [0.1, 0.15) is 18.6 Å². The molecule has 1 heterocycles. The molecule has 0 saturated carbocycles. The van der Waals surface area contributed by atoms with E-state index in [-0.39, 0.29) is 5.69 Å². The standard InChI is InChI=1S/C13H15N3O4/c1-9(17)10-2-3-12(13(6-10)16(18)19)15-4-5-20-11(7-14)8-15/h2-3,6,9,11,17H,4-5,8H2,1H3.